The lowest BCUT2D eigenvalue weighted by Crippen LogP contribution is -2.47. The van der Waals surface area contributed by atoms with Gasteiger partial charge in [0.15, 0.2) is 0 Å². The summed E-state index contributed by atoms with van der Waals surface area (Å²) in [5.41, 5.74) is 0.655. The van der Waals surface area contributed by atoms with Crippen LogP contribution in [0.1, 0.15) is 41.5 Å². The van der Waals surface area contributed by atoms with Gasteiger partial charge in [-0.05, 0) is 26.2 Å². The van der Waals surface area contributed by atoms with Gasteiger partial charge in [-0.1, -0.05) is 39.0 Å². The standard InChI is InChI=1S/C14H23NO/c1-13(2,3)11-9-7-8-10-15(12(11)16)14(4,5)6/h7-9H,10H2,1-6H3. The average molecular weight is 221 g/mol. The van der Waals surface area contributed by atoms with Crippen LogP contribution in [0.3, 0.4) is 0 Å². The average Bonchev–Trinajstić information content (AvgIpc) is 2.23. The quantitative estimate of drug-likeness (QED) is 0.615. The molecule has 0 N–H and O–H groups in total. The van der Waals surface area contributed by atoms with Crippen LogP contribution in [0, 0.1) is 5.41 Å². The summed E-state index contributed by atoms with van der Waals surface area (Å²) in [4.78, 5) is 14.4. The van der Waals surface area contributed by atoms with Crippen molar-refractivity contribution in [3.05, 3.63) is 23.8 Å². The van der Waals surface area contributed by atoms with E-state index in [1.807, 2.05) is 23.1 Å². The Labute approximate surface area is 99.0 Å². The first-order valence-electron chi connectivity index (χ1n) is 5.83. The fourth-order valence-electron chi connectivity index (χ4n) is 1.78. The lowest BCUT2D eigenvalue weighted by molar-refractivity contribution is -0.131. The Morgan fingerprint density at radius 2 is 1.69 bits per heavy atom. The molecule has 90 valence electrons. The van der Waals surface area contributed by atoms with E-state index in [0.29, 0.717) is 6.54 Å². The lowest BCUT2D eigenvalue weighted by atomic mass is 9.85. The molecule has 1 heterocycles. The minimum atomic E-state index is -0.129. The number of hydrogen-bond acceptors (Lipinski definition) is 1. The maximum absolute atomic E-state index is 12.5. The SMILES string of the molecule is CC(C)(C)C1=CC=CCN(C(C)(C)C)C1=O. The topological polar surface area (TPSA) is 20.3 Å². The van der Waals surface area contributed by atoms with Crippen LogP contribution in [-0.2, 0) is 4.79 Å². The molecule has 1 rings (SSSR count). The number of nitrogens with zero attached hydrogens (tertiary/aromatic N) is 1. The zero-order chi connectivity index (χ0) is 12.6. The number of rotatable bonds is 0. The maximum atomic E-state index is 12.5. The van der Waals surface area contributed by atoms with Crippen molar-refractivity contribution in [1.82, 2.24) is 4.90 Å². The van der Waals surface area contributed by atoms with E-state index in [4.69, 9.17) is 0 Å². The van der Waals surface area contributed by atoms with Crippen LogP contribution < -0.4 is 0 Å². The Bertz CT molecular complexity index is 337. The number of carbonyl (C=O) groups is 1. The van der Waals surface area contributed by atoms with Gasteiger partial charge in [-0.2, -0.15) is 0 Å². The highest BCUT2D eigenvalue weighted by Gasteiger charge is 2.33. The fraction of sp³-hybridized carbons (Fsp3) is 0.643. The summed E-state index contributed by atoms with van der Waals surface area (Å²) in [6.45, 7) is 13.2. The second kappa shape index (κ2) is 4.08. The molecule has 2 nitrogen and oxygen atoms in total. The van der Waals surface area contributed by atoms with Gasteiger partial charge in [0.2, 0.25) is 0 Å². The normalized spacial score (nSPS) is 18.5. The second-order valence-corrected chi connectivity index (χ2v) is 6.35. The predicted octanol–water partition coefficient (Wildman–Crippen LogP) is 3.16. The van der Waals surface area contributed by atoms with Crippen molar-refractivity contribution in [3.8, 4) is 0 Å². The van der Waals surface area contributed by atoms with Gasteiger partial charge >= 0.3 is 0 Å². The van der Waals surface area contributed by atoms with Gasteiger partial charge in [-0.3, -0.25) is 4.79 Å². The Morgan fingerprint density at radius 3 is 2.12 bits per heavy atom. The number of carbonyl (C=O) groups excluding carboxylic acids is 1. The van der Waals surface area contributed by atoms with Gasteiger partial charge in [0.1, 0.15) is 0 Å². The smallest absolute Gasteiger partial charge is 0.251 e. The molecule has 1 amide bonds. The van der Waals surface area contributed by atoms with E-state index in [1.165, 1.54) is 0 Å². The van der Waals surface area contributed by atoms with Crippen LogP contribution in [0.25, 0.3) is 0 Å². The molecule has 0 fully saturated rings. The van der Waals surface area contributed by atoms with Crippen molar-refractivity contribution >= 4 is 5.91 Å². The second-order valence-electron chi connectivity index (χ2n) is 6.35. The molecular weight excluding hydrogens is 198 g/mol. The summed E-state index contributed by atoms with van der Waals surface area (Å²) in [7, 11) is 0. The van der Waals surface area contributed by atoms with Crippen molar-refractivity contribution in [2.75, 3.05) is 6.54 Å². The van der Waals surface area contributed by atoms with Crippen molar-refractivity contribution in [3.63, 3.8) is 0 Å². The minimum Gasteiger partial charge on any atom is -0.330 e. The van der Waals surface area contributed by atoms with Gasteiger partial charge in [0, 0.05) is 17.7 Å². The van der Waals surface area contributed by atoms with Gasteiger partial charge < -0.3 is 4.90 Å². The molecular formula is C14H23NO. The van der Waals surface area contributed by atoms with Gasteiger partial charge in [0.05, 0.1) is 0 Å². The predicted molar refractivity (Wildman–Crippen MR) is 68.1 cm³/mol. The fourth-order valence-corrected chi connectivity index (χ4v) is 1.78. The van der Waals surface area contributed by atoms with E-state index in [2.05, 4.69) is 41.5 Å². The van der Waals surface area contributed by atoms with Crippen molar-refractivity contribution in [1.29, 1.82) is 0 Å². The molecule has 2 heteroatoms. The molecule has 0 aromatic carbocycles. The third-order valence-corrected chi connectivity index (χ3v) is 2.78. The number of allylic oxidation sites excluding steroid dienone is 2. The van der Waals surface area contributed by atoms with Crippen molar-refractivity contribution in [2.24, 2.45) is 5.41 Å². The van der Waals surface area contributed by atoms with E-state index in [9.17, 15) is 4.79 Å². The van der Waals surface area contributed by atoms with Gasteiger partial charge in [0.25, 0.3) is 5.91 Å². The molecule has 1 aliphatic rings. The molecule has 0 bridgehead atoms. The molecule has 1 aliphatic heterocycles. The molecule has 0 atom stereocenters. The Kier molecular flexibility index (Phi) is 3.32. The summed E-state index contributed by atoms with van der Waals surface area (Å²) < 4.78 is 0. The summed E-state index contributed by atoms with van der Waals surface area (Å²) in [5.74, 6) is 0.157. The number of amides is 1. The molecule has 0 saturated carbocycles. The third-order valence-electron chi connectivity index (χ3n) is 2.78. The highest BCUT2D eigenvalue weighted by molar-refractivity contribution is 5.95. The zero-order valence-corrected chi connectivity index (χ0v) is 11.3. The minimum absolute atomic E-state index is 0.102. The van der Waals surface area contributed by atoms with E-state index in [0.717, 1.165) is 5.57 Å². The monoisotopic (exact) mass is 221 g/mol. The highest BCUT2D eigenvalue weighted by Crippen LogP contribution is 2.30. The van der Waals surface area contributed by atoms with Crippen LogP contribution in [0.2, 0.25) is 0 Å². The first-order chi connectivity index (χ1) is 7.14. The number of hydrogen-bond donors (Lipinski definition) is 0. The summed E-state index contributed by atoms with van der Waals surface area (Å²) in [6.07, 6.45) is 5.99. The van der Waals surface area contributed by atoms with E-state index in [1.54, 1.807) is 0 Å². The van der Waals surface area contributed by atoms with Crippen molar-refractivity contribution < 1.29 is 4.79 Å². The van der Waals surface area contributed by atoms with Crippen LogP contribution in [0.5, 0.6) is 0 Å². The first kappa shape index (κ1) is 13.0. The van der Waals surface area contributed by atoms with Crippen LogP contribution in [0.15, 0.2) is 23.8 Å². The first-order valence-corrected chi connectivity index (χ1v) is 5.83. The Hall–Kier alpha value is -1.05. The van der Waals surface area contributed by atoms with Gasteiger partial charge in [-0.15, -0.1) is 0 Å². The van der Waals surface area contributed by atoms with Crippen LogP contribution in [-0.4, -0.2) is 22.9 Å². The summed E-state index contributed by atoms with van der Waals surface area (Å²) in [5, 5.41) is 0. The Morgan fingerprint density at radius 1 is 1.12 bits per heavy atom. The molecule has 0 radical (unpaired) electrons. The molecule has 0 aromatic heterocycles. The zero-order valence-electron chi connectivity index (χ0n) is 11.3. The highest BCUT2D eigenvalue weighted by atomic mass is 16.2. The molecule has 0 spiro atoms. The van der Waals surface area contributed by atoms with Crippen LogP contribution in [0.4, 0.5) is 0 Å². The summed E-state index contributed by atoms with van der Waals surface area (Å²) >= 11 is 0. The van der Waals surface area contributed by atoms with Gasteiger partial charge in [-0.25, -0.2) is 0 Å². The summed E-state index contributed by atoms with van der Waals surface area (Å²) in [6, 6.07) is 0. The van der Waals surface area contributed by atoms with Crippen LogP contribution >= 0.6 is 0 Å². The van der Waals surface area contributed by atoms with E-state index >= 15 is 0 Å². The van der Waals surface area contributed by atoms with Crippen molar-refractivity contribution in [2.45, 2.75) is 47.1 Å². The largest absolute Gasteiger partial charge is 0.330 e. The Balaban J connectivity index is 3.11. The third kappa shape index (κ3) is 2.75. The molecule has 0 saturated heterocycles. The molecule has 0 aliphatic carbocycles. The maximum Gasteiger partial charge on any atom is 0.251 e. The molecule has 0 aromatic rings. The van der Waals surface area contributed by atoms with E-state index in [-0.39, 0.29) is 16.9 Å². The lowest BCUT2D eigenvalue weighted by Gasteiger charge is -2.37. The van der Waals surface area contributed by atoms with E-state index < -0.39 is 0 Å². The molecule has 0 unspecified atom stereocenters. The molecule has 16 heavy (non-hydrogen) atoms.